The smallest absolute Gasteiger partial charge is 0.206 e. The molecule has 0 aliphatic carbocycles. The number of carbonyl (C=O) groups excluding carboxylic acids is 1. The van der Waals surface area contributed by atoms with E-state index in [4.69, 9.17) is 9.78 Å². The Morgan fingerprint density at radius 2 is 1.40 bits per heavy atom. The first-order valence-corrected chi connectivity index (χ1v) is 8.48. The van der Waals surface area contributed by atoms with Crippen LogP contribution in [-0.4, -0.2) is 16.7 Å². The number of ketones is 1. The number of carbonyl (C=O) groups is 1. The Labute approximate surface area is 148 Å². The van der Waals surface area contributed by atoms with Crippen LogP contribution >= 0.6 is 0 Å². The molecule has 1 aliphatic rings. The standard InChI is InChI=1S/C21H24O4/c1-14-5-9-17(10-6-14)21(18-11-7-15(2)8-12-18)13-19(16(3)22)20(4,23)24-25-21/h5-12,19,23H,13H2,1-4H3. The van der Waals surface area contributed by atoms with Crippen LogP contribution in [0.2, 0.25) is 0 Å². The van der Waals surface area contributed by atoms with E-state index in [1.807, 2.05) is 62.4 Å². The first-order valence-electron chi connectivity index (χ1n) is 8.48. The minimum atomic E-state index is -1.65. The molecular weight excluding hydrogens is 316 g/mol. The Bertz CT molecular complexity index is 714. The van der Waals surface area contributed by atoms with Crippen molar-refractivity contribution < 1.29 is 19.7 Å². The van der Waals surface area contributed by atoms with E-state index in [1.54, 1.807) is 0 Å². The highest BCUT2D eigenvalue weighted by Gasteiger charge is 2.52. The number of aliphatic hydroxyl groups is 1. The lowest BCUT2D eigenvalue weighted by atomic mass is 9.75. The summed E-state index contributed by atoms with van der Waals surface area (Å²) in [6.45, 7) is 6.98. The molecule has 2 unspecified atom stereocenters. The molecule has 1 fully saturated rings. The van der Waals surface area contributed by atoms with Gasteiger partial charge >= 0.3 is 0 Å². The summed E-state index contributed by atoms with van der Waals surface area (Å²) in [5.41, 5.74) is 3.11. The number of benzene rings is 2. The summed E-state index contributed by atoms with van der Waals surface area (Å²) in [7, 11) is 0. The van der Waals surface area contributed by atoms with E-state index in [1.165, 1.54) is 13.8 Å². The van der Waals surface area contributed by atoms with E-state index in [9.17, 15) is 9.90 Å². The SMILES string of the molecule is CC(=O)C1CC(c2ccc(C)cc2)(c2ccc(C)cc2)OOC1(C)O. The normalized spacial score (nSPS) is 25.6. The zero-order chi connectivity index (χ0) is 18.2. The van der Waals surface area contributed by atoms with Crippen LogP contribution in [0.5, 0.6) is 0 Å². The number of Topliss-reactive ketones (excluding diaryl/α,β-unsaturated/α-hetero) is 1. The van der Waals surface area contributed by atoms with Gasteiger partial charge in [-0.1, -0.05) is 59.7 Å². The van der Waals surface area contributed by atoms with Gasteiger partial charge in [0, 0.05) is 6.42 Å². The molecule has 0 bridgehead atoms. The Morgan fingerprint density at radius 1 is 0.960 bits per heavy atom. The molecule has 2 aromatic rings. The number of hydrogen-bond acceptors (Lipinski definition) is 4. The molecule has 4 nitrogen and oxygen atoms in total. The number of hydrogen-bond donors (Lipinski definition) is 1. The molecule has 2 atom stereocenters. The number of aryl methyl sites for hydroxylation is 2. The van der Waals surface area contributed by atoms with Gasteiger partial charge in [0.1, 0.15) is 5.78 Å². The molecule has 132 valence electrons. The molecule has 3 rings (SSSR count). The third kappa shape index (κ3) is 3.25. The molecular formula is C21H24O4. The topological polar surface area (TPSA) is 55.8 Å². The summed E-state index contributed by atoms with van der Waals surface area (Å²) in [5, 5.41) is 10.5. The van der Waals surface area contributed by atoms with Gasteiger partial charge in [-0.05, 0) is 38.8 Å². The first-order chi connectivity index (χ1) is 11.7. The lowest BCUT2D eigenvalue weighted by Crippen LogP contribution is -2.53. The van der Waals surface area contributed by atoms with E-state index < -0.39 is 17.3 Å². The fourth-order valence-corrected chi connectivity index (χ4v) is 3.39. The molecule has 0 spiro atoms. The zero-order valence-electron chi connectivity index (χ0n) is 15.1. The molecule has 0 radical (unpaired) electrons. The van der Waals surface area contributed by atoms with Crippen LogP contribution in [0, 0.1) is 19.8 Å². The third-order valence-electron chi connectivity index (χ3n) is 5.02. The lowest BCUT2D eigenvalue weighted by molar-refractivity contribution is -0.487. The second-order valence-electron chi connectivity index (χ2n) is 7.15. The average molecular weight is 340 g/mol. The minimum absolute atomic E-state index is 0.128. The van der Waals surface area contributed by atoms with Gasteiger partial charge in [0.15, 0.2) is 5.60 Å². The lowest BCUT2D eigenvalue weighted by Gasteiger charge is -2.45. The van der Waals surface area contributed by atoms with Crippen LogP contribution in [0.25, 0.3) is 0 Å². The second-order valence-corrected chi connectivity index (χ2v) is 7.15. The highest BCUT2D eigenvalue weighted by atomic mass is 17.2. The van der Waals surface area contributed by atoms with Crippen molar-refractivity contribution in [3.63, 3.8) is 0 Å². The summed E-state index contributed by atoms with van der Waals surface area (Å²) >= 11 is 0. The van der Waals surface area contributed by atoms with E-state index in [0.717, 1.165) is 22.3 Å². The maximum atomic E-state index is 12.2. The fraction of sp³-hybridized carbons (Fsp3) is 0.381. The predicted octanol–water partition coefficient (Wildman–Crippen LogP) is 3.81. The second kappa shape index (κ2) is 6.37. The van der Waals surface area contributed by atoms with Crippen molar-refractivity contribution in [1.29, 1.82) is 0 Å². The van der Waals surface area contributed by atoms with E-state index >= 15 is 0 Å². The van der Waals surface area contributed by atoms with E-state index in [2.05, 4.69) is 0 Å². The summed E-state index contributed by atoms with van der Waals surface area (Å²) in [4.78, 5) is 23.3. The van der Waals surface area contributed by atoms with Crippen molar-refractivity contribution in [3.8, 4) is 0 Å². The minimum Gasteiger partial charge on any atom is -0.363 e. The van der Waals surface area contributed by atoms with Crippen molar-refractivity contribution in [1.82, 2.24) is 0 Å². The Morgan fingerprint density at radius 3 is 1.80 bits per heavy atom. The van der Waals surface area contributed by atoms with Crippen LogP contribution in [0.3, 0.4) is 0 Å². The fourth-order valence-electron chi connectivity index (χ4n) is 3.39. The Balaban J connectivity index is 2.14. The molecule has 1 heterocycles. The van der Waals surface area contributed by atoms with Crippen molar-refractivity contribution in [2.75, 3.05) is 0 Å². The Kier molecular flexibility index (Phi) is 4.54. The molecule has 0 aromatic heterocycles. The summed E-state index contributed by atoms with van der Waals surface area (Å²) in [6.07, 6.45) is 0.307. The molecule has 1 N–H and O–H groups in total. The van der Waals surface area contributed by atoms with E-state index in [-0.39, 0.29) is 5.78 Å². The van der Waals surface area contributed by atoms with Crippen LogP contribution in [-0.2, 0) is 20.2 Å². The monoisotopic (exact) mass is 340 g/mol. The van der Waals surface area contributed by atoms with Gasteiger partial charge in [-0.2, -0.15) is 4.89 Å². The molecule has 1 aliphatic heterocycles. The predicted molar refractivity (Wildman–Crippen MR) is 94.7 cm³/mol. The Hall–Kier alpha value is -2.01. The maximum absolute atomic E-state index is 12.2. The van der Waals surface area contributed by atoms with Crippen LogP contribution in [0.15, 0.2) is 48.5 Å². The average Bonchev–Trinajstić information content (AvgIpc) is 2.56. The molecule has 4 heteroatoms. The van der Waals surface area contributed by atoms with Crippen molar-refractivity contribution in [3.05, 3.63) is 70.8 Å². The summed E-state index contributed by atoms with van der Waals surface area (Å²) in [5.74, 6) is -2.47. The van der Waals surface area contributed by atoms with Gasteiger partial charge in [0.25, 0.3) is 0 Å². The zero-order valence-corrected chi connectivity index (χ0v) is 15.1. The van der Waals surface area contributed by atoms with Crippen LogP contribution in [0.4, 0.5) is 0 Å². The van der Waals surface area contributed by atoms with Gasteiger partial charge in [0.05, 0.1) is 5.92 Å². The quantitative estimate of drug-likeness (QED) is 0.863. The maximum Gasteiger partial charge on any atom is 0.206 e. The van der Waals surface area contributed by atoms with Gasteiger partial charge in [0.2, 0.25) is 5.79 Å². The number of rotatable bonds is 3. The van der Waals surface area contributed by atoms with E-state index in [0.29, 0.717) is 6.42 Å². The summed E-state index contributed by atoms with van der Waals surface area (Å²) in [6, 6.07) is 15.9. The molecule has 2 aromatic carbocycles. The summed E-state index contributed by atoms with van der Waals surface area (Å²) < 4.78 is 0. The first kappa shape index (κ1) is 17.8. The molecule has 0 amide bonds. The van der Waals surface area contributed by atoms with Crippen LogP contribution < -0.4 is 0 Å². The molecule has 25 heavy (non-hydrogen) atoms. The molecule has 0 saturated carbocycles. The van der Waals surface area contributed by atoms with Crippen molar-refractivity contribution in [2.24, 2.45) is 5.92 Å². The van der Waals surface area contributed by atoms with Gasteiger partial charge in [-0.25, -0.2) is 4.89 Å². The molecule has 1 saturated heterocycles. The highest BCUT2D eigenvalue weighted by molar-refractivity contribution is 5.79. The third-order valence-corrected chi connectivity index (χ3v) is 5.02. The van der Waals surface area contributed by atoms with Gasteiger partial charge in [-0.3, -0.25) is 4.79 Å². The highest BCUT2D eigenvalue weighted by Crippen LogP contribution is 2.47. The van der Waals surface area contributed by atoms with Gasteiger partial charge < -0.3 is 5.11 Å². The van der Waals surface area contributed by atoms with Crippen molar-refractivity contribution >= 4 is 5.78 Å². The van der Waals surface area contributed by atoms with Crippen molar-refractivity contribution in [2.45, 2.75) is 45.5 Å². The van der Waals surface area contributed by atoms with Gasteiger partial charge in [-0.15, -0.1) is 0 Å². The van der Waals surface area contributed by atoms with Crippen LogP contribution in [0.1, 0.15) is 42.5 Å². The largest absolute Gasteiger partial charge is 0.363 e.